The Morgan fingerprint density at radius 3 is 2.62 bits per heavy atom. The molecule has 1 aromatic rings. The number of benzene rings is 1. The number of hydrogen-bond acceptors (Lipinski definition) is 4. The Hall–Kier alpha value is -2.37. The summed E-state index contributed by atoms with van der Waals surface area (Å²) in [6.07, 6.45) is -0.758. The van der Waals surface area contributed by atoms with Crippen LogP contribution in [0, 0.1) is 0 Å². The first-order chi connectivity index (χ1) is 9.78. The van der Waals surface area contributed by atoms with Crippen LogP contribution in [0.1, 0.15) is 20.8 Å². The number of carboxylic acid groups (broad SMARTS) is 1. The van der Waals surface area contributed by atoms with Crippen LogP contribution in [0.4, 0.5) is 4.79 Å². The molecule has 0 fully saturated rings. The van der Waals surface area contributed by atoms with Crippen LogP contribution < -0.4 is 15.9 Å². The Morgan fingerprint density at radius 1 is 1.33 bits per heavy atom. The van der Waals surface area contributed by atoms with Crippen molar-refractivity contribution in [3.63, 3.8) is 0 Å². The third-order valence-electron chi connectivity index (χ3n) is 2.93. The summed E-state index contributed by atoms with van der Waals surface area (Å²) in [5.74, 6) is -1.14. The van der Waals surface area contributed by atoms with E-state index in [2.05, 4.69) is 10.3 Å². The standard InChI is InChI=1S/C15H18N2O4/c1-15(2,3)21-14(20)17-12(13(18)19)10-8-16-11-7-5-4-6-9(10)11/h4-7,12H,8H2,1-3H3,(H,17,20)(H,18,19)/t12-/m0/s1. The second-order valence-corrected chi connectivity index (χ2v) is 5.78. The van der Waals surface area contributed by atoms with E-state index in [9.17, 15) is 14.7 Å². The molecule has 6 heteroatoms. The maximum absolute atomic E-state index is 11.8. The summed E-state index contributed by atoms with van der Waals surface area (Å²) in [5, 5.41) is 13.3. The monoisotopic (exact) mass is 290 g/mol. The van der Waals surface area contributed by atoms with Crippen LogP contribution in [-0.4, -0.2) is 35.4 Å². The van der Waals surface area contributed by atoms with Crippen molar-refractivity contribution >= 4 is 17.6 Å². The Kier molecular flexibility index (Phi) is 3.97. The molecule has 2 N–H and O–H groups in total. The van der Waals surface area contributed by atoms with E-state index in [0.29, 0.717) is 5.57 Å². The highest BCUT2D eigenvalue weighted by molar-refractivity contribution is 5.90. The van der Waals surface area contributed by atoms with Gasteiger partial charge in [-0.3, -0.25) is 4.99 Å². The molecule has 0 bridgehead atoms. The highest BCUT2D eigenvalue weighted by Gasteiger charge is 2.28. The molecule has 0 aliphatic carbocycles. The minimum Gasteiger partial charge on any atom is -0.479 e. The van der Waals surface area contributed by atoms with Gasteiger partial charge in [-0.2, -0.15) is 0 Å². The van der Waals surface area contributed by atoms with Crippen molar-refractivity contribution in [1.82, 2.24) is 5.32 Å². The Morgan fingerprint density at radius 2 is 2.00 bits per heavy atom. The van der Waals surface area contributed by atoms with Crippen LogP contribution in [0.5, 0.6) is 0 Å². The van der Waals surface area contributed by atoms with E-state index in [0.717, 1.165) is 10.6 Å². The van der Waals surface area contributed by atoms with Gasteiger partial charge in [-0.1, -0.05) is 18.2 Å². The SMILES string of the molecule is CC(C)(C)OC(=O)N[C@H](C(=O)O)C1=c2ccccc2=NC1. The van der Waals surface area contributed by atoms with Gasteiger partial charge in [0.25, 0.3) is 0 Å². The number of carbonyl (C=O) groups excluding carboxylic acids is 1. The van der Waals surface area contributed by atoms with Crippen LogP contribution in [0.25, 0.3) is 5.57 Å². The summed E-state index contributed by atoms with van der Waals surface area (Å²) < 4.78 is 5.11. The molecule has 1 aliphatic rings. The number of nitrogens with zero attached hydrogens (tertiary/aromatic N) is 1. The molecule has 2 rings (SSSR count). The summed E-state index contributed by atoms with van der Waals surface area (Å²) in [7, 11) is 0. The van der Waals surface area contributed by atoms with E-state index in [4.69, 9.17) is 4.74 Å². The van der Waals surface area contributed by atoms with Crippen molar-refractivity contribution < 1.29 is 19.4 Å². The first-order valence-corrected chi connectivity index (χ1v) is 6.63. The number of fused-ring (bicyclic) bond motifs is 1. The average Bonchev–Trinajstić information content (AvgIpc) is 2.77. The number of ether oxygens (including phenoxy) is 1. The molecular formula is C15H18N2O4. The van der Waals surface area contributed by atoms with Crippen molar-refractivity contribution in [2.24, 2.45) is 4.99 Å². The Balaban J connectivity index is 2.29. The minimum atomic E-state index is -1.15. The van der Waals surface area contributed by atoms with Crippen molar-refractivity contribution in [3.8, 4) is 0 Å². The predicted octanol–water partition coefficient (Wildman–Crippen LogP) is 0.448. The molecule has 21 heavy (non-hydrogen) atoms. The van der Waals surface area contributed by atoms with Gasteiger partial charge in [0.2, 0.25) is 0 Å². The van der Waals surface area contributed by atoms with E-state index >= 15 is 0 Å². The summed E-state index contributed by atoms with van der Waals surface area (Å²) in [6.45, 7) is 5.41. The molecule has 0 saturated carbocycles. The van der Waals surface area contributed by atoms with Crippen molar-refractivity contribution in [1.29, 1.82) is 0 Å². The maximum Gasteiger partial charge on any atom is 0.408 e. The summed E-state index contributed by atoms with van der Waals surface area (Å²) in [4.78, 5) is 27.5. The van der Waals surface area contributed by atoms with Crippen molar-refractivity contribution in [3.05, 3.63) is 34.8 Å². The quantitative estimate of drug-likeness (QED) is 0.846. The average molecular weight is 290 g/mol. The van der Waals surface area contributed by atoms with Gasteiger partial charge in [-0.15, -0.1) is 0 Å². The normalized spacial score (nSPS) is 14.9. The molecule has 0 spiro atoms. The summed E-state index contributed by atoms with van der Waals surface area (Å²) in [5.41, 5.74) is -0.126. The fourth-order valence-electron chi connectivity index (χ4n) is 2.11. The van der Waals surface area contributed by atoms with Gasteiger partial charge in [0.1, 0.15) is 5.60 Å². The number of rotatable bonds is 3. The number of para-hydroxylation sites is 1. The molecule has 0 saturated heterocycles. The van der Waals surface area contributed by atoms with Crippen LogP contribution in [0.15, 0.2) is 29.3 Å². The number of nitrogens with one attached hydrogen (secondary N) is 1. The van der Waals surface area contributed by atoms with E-state index in [-0.39, 0.29) is 6.54 Å². The van der Waals surface area contributed by atoms with E-state index in [1.54, 1.807) is 26.8 Å². The molecule has 0 aromatic heterocycles. The summed E-state index contributed by atoms with van der Waals surface area (Å²) in [6, 6.07) is 6.11. The van der Waals surface area contributed by atoms with Crippen LogP contribution in [0.2, 0.25) is 0 Å². The van der Waals surface area contributed by atoms with Crippen molar-refractivity contribution in [2.45, 2.75) is 32.4 Å². The van der Waals surface area contributed by atoms with Gasteiger partial charge >= 0.3 is 12.1 Å². The highest BCUT2D eigenvalue weighted by Crippen LogP contribution is 2.10. The second kappa shape index (κ2) is 5.55. The third kappa shape index (κ3) is 3.59. The zero-order chi connectivity index (χ0) is 15.6. The lowest BCUT2D eigenvalue weighted by Crippen LogP contribution is -2.46. The molecule has 6 nitrogen and oxygen atoms in total. The van der Waals surface area contributed by atoms with Gasteiger partial charge in [0.15, 0.2) is 6.04 Å². The first-order valence-electron chi connectivity index (χ1n) is 6.63. The molecular weight excluding hydrogens is 272 g/mol. The molecule has 1 aromatic carbocycles. The molecule has 1 aliphatic heterocycles. The number of carboxylic acids is 1. The lowest BCUT2D eigenvalue weighted by atomic mass is 10.1. The number of hydrogen-bond donors (Lipinski definition) is 2. The third-order valence-corrected chi connectivity index (χ3v) is 2.93. The van der Waals surface area contributed by atoms with Gasteiger partial charge in [0, 0.05) is 5.22 Å². The molecule has 112 valence electrons. The van der Waals surface area contributed by atoms with E-state index < -0.39 is 23.7 Å². The molecule has 1 amide bonds. The lowest BCUT2D eigenvalue weighted by Gasteiger charge is -2.22. The summed E-state index contributed by atoms with van der Waals surface area (Å²) >= 11 is 0. The fourth-order valence-corrected chi connectivity index (χ4v) is 2.11. The van der Waals surface area contributed by atoms with Crippen LogP contribution in [0.3, 0.4) is 0 Å². The molecule has 1 heterocycles. The van der Waals surface area contributed by atoms with Gasteiger partial charge in [-0.05, 0) is 32.4 Å². The van der Waals surface area contributed by atoms with Crippen LogP contribution >= 0.6 is 0 Å². The number of alkyl carbamates (subject to hydrolysis) is 1. The smallest absolute Gasteiger partial charge is 0.408 e. The largest absolute Gasteiger partial charge is 0.479 e. The lowest BCUT2D eigenvalue weighted by molar-refractivity contribution is -0.137. The highest BCUT2D eigenvalue weighted by atomic mass is 16.6. The number of amides is 1. The first kappa shape index (κ1) is 15.0. The maximum atomic E-state index is 11.8. The van der Waals surface area contributed by atoms with Gasteiger partial charge in [0.05, 0.1) is 11.9 Å². The number of carbonyl (C=O) groups is 2. The molecule has 1 atom stereocenters. The minimum absolute atomic E-state index is 0.256. The fraction of sp³-hybridized carbons (Fsp3) is 0.400. The van der Waals surface area contributed by atoms with E-state index in [1.165, 1.54) is 0 Å². The number of aliphatic carboxylic acids is 1. The van der Waals surface area contributed by atoms with Crippen molar-refractivity contribution in [2.75, 3.05) is 6.54 Å². The van der Waals surface area contributed by atoms with Crippen LogP contribution in [-0.2, 0) is 9.53 Å². The second-order valence-electron chi connectivity index (χ2n) is 5.78. The predicted molar refractivity (Wildman–Crippen MR) is 76.3 cm³/mol. The zero-order valence-corrected chi connectivity index (χ0v) is 12.2. The molecule has 0 unspecified atom stereocenters. The molecule has 0 radical (unpaired) electrons. The zero-order valence-electron chi connectivity index (χ0n) is 12.2. The Labute approximate surface area is 122 Å². The topological polar surface area (TPSA) is 88.0 Å². The Bertz CT molecular complexity index is 688. The van der Waals surface area contributed by atoms with Gasteiger partial charge < -0.3 is 15.2 Å². The van der Waals surface area contributed by atoms with E-state index in [1.807, 2.05) is 18.2 Å². The van der Waals surface area contributed by atoms with Gasteiger partial charge in [-0.25, -0.2) is 9.59 Å².